The standard InChI is InChI=1S/C15H19N3S/c1-11-7-8-12(10-16)9-14(11)18-15(19)17-13-5-3-2-4-6-13/h7-9,13H,2-6H2,1H3,(H2,17,18,19). The van der Waals surface area contributed by atoms with Crippen LogP contribution < -0.4 is 10.6 Å². The highest BCUT2D eigenvalue weighted by atomic mass is 32.1. The third kappa shape index (κ3) is 3.93. The summed E-state index contributed by atoms with van der Waals surface area (Å²) in [6.45, 7) is 2.01. The zero-order chi connectivity index (χ0) is 13.7. The molecule has 0 atom stereocenters. The first-order chi connectivity index (χ1) is 9.19. The predicted molar refractivity (Wildman–Crippen MR) is 82.1 cm³/mol. The van der Waals surface area contributed by atoms with E-state index in [-0.39, 0.29) is 0 Å². The molecule has 0 spiro atoms. The molecule has 1 aromatic rings. The maximum absolute atomic E-state index is 8.92. The highest BCUT2D eigenvalue weighted by Crippen LogP contribution is 2.19. The molecule has 4 heteroatoms. The topological polar surface area (TPSA) is 47.9 Å². The average molecular weight is 273 g/mol. The Labute approximate surface area is 120 Å². The van der Waals surface area contributed by atoms with Gasteiger partial charge in [-0.15, -0.1) is 0 Å². The summed E-state index contributed by atoms with van der Waals surface area (Å²) in [6, 6.07) is 8.23. The van der Waals surface area contributed by atoms with E-state index in [2.05, 4.69) is 16.7 Å². The van der Waals surface area contributed by atoms with E-state index >= 15 is 0 Å². The summed E-state index contributed by atoms with van der Waals surface area (Å²) in [7, 11) is 0. The summed E-state index contributed by atoms with van der Waals surface area (Å²) < 4.78 is 0. The average Bonchev–Trinajstić information content (AvgIpc) is 2.42. The second-order valence-corrected chi connectivity index (χ2v) is 5.48. The number of nitriles is 1. The lowest BCUT2D eigenvalue weighted by Gasteiger charge is -2.24. The molecule has 0 bridgehead atoms. The fraction of sp³-hybridized carbons (Fsp3) is 0.467. The smallest absolute Gasteiger partial charge is 0.171 e. The second-order valence-electron chi connectivity index (χ2n) is 5.07. The molecule has 0 aromatic heterocycles. The van der Waals surface area contributed by atoms with Crippen LogP contribution in [0.5, 0.6) is 0 Å². The molecule has 2 rings (SSSR count). The van der Waals surface area contributed by atoms with E-state index < -0.39 is 0 Å². The van der Waals surface area contributed by atoms with E-state index in [4.69, 9.17) is 17.5 Å². The van der Waals surface area contributed by atoms with Crippen molar-refractivity contribution in [1.29, 1.82) is 5.26 Å². The summed E-state index contributed by atoms with van der Waals surface area (Å²) in [5.41, 5.74) is 2.65. The number of thiocarbonyl (C=S) groups is 1. The fourth-order valence-corrected chi connectivity index (χ4v) is 2.69. The van der Waals surface area contributed by atoms with Gasteiger partial charge in [-0.05, 0) is 49.7 Å². The van der Waals surface area contributed by atoms with Gasteiger partial charge in [0.2, 0.25) is 0 Å². The van der Waals surface area contributed by atoms with Gasteiger partial charge in [0.1, 0.15) is 0 Å². The monoisotopic (exact) mass is 273 g/mol. The van der Waals surface area contributed by atoms with Crippen LogP contribution in [0.4, 0.5) is 5.69 Å². The largest absolute Gasteiger partial charge is 0.360 e. The molecule has 19 heavy (non-hydrogen) atoms. The molecule has 0 saturated heterocycles. The molecule has 3 nitrogen and oxygen atoms in total. The van der Waals surface area contributed by atoms with Crippen molar-refractivity contribution in [2.75, 3.05) is 5.32 Å². The van der Waals surface area contributed by atoms with Crippen molar-refractivity contribution in [2.45, 2.75) is 45.1 Å². The Kier molecular flexibility index (Phi) is 4.75. The summed E-state index contributed by atoms with van der Waals surface area (Å²) in [5.74, 6) is 0. The third-order valence-corrected chi connectivity index (χ3v) is 3.78. The Morgan fingerprint density at radius 2 is 2.05 bits per heavy atom. The Balaban J connectivity index is 1.96. The summed E-state index contributed by atoms with van der Waals surface area (Å²) >= 11 is 5.35. The van der Waals surface area contributed by atoms with Gasteiger partial charge in [-0.1, -0.05) is 25.3 Å². The number of rotatable bonds is 2. The molecule has 0 radical (unpaired) electrons. The minimum Gasteiger partial charge on any atom is -0.360 e. The Morgan fingerprint density at radius 3 is 2.74 bits per heavy atom. The minimum atomic E-state index is 0.494. The highest BCUT2D eigenvalue weighted by molar-refractivity contribution is 7.80. The maximum atomic E-state index is 8.92. The van der Waals surface area contributed by atoms with Gasteiger partial charge in [-0.25, -0.2) is 0 Å². The van der Waals surface area contributed by atoms with Crippen LogP contribution in [0.25, 0.3) is 0 Å². The number of anilines is 1. The molecule has 1 aliphatic carbocycles. The van der Waals surface area contributed by atoms with Gasteiger partial charge < -0.3 is 10.6 Å². The molecule has 1 aromatic carbocycles. The van der Waals surface area contributed by atoms with Crippen molar-refractivity contribution in [3.8, 4) is 6.07 Å². The number of hydrogen-bond acceptors (Lipinski definition) is 2. The minimum absolute atomic E-state index is 0.494. The van der Waals surface area contributed by atoms with Gasteiger partial charge in [0.25, 0.3) is 0 Å². The number of nitrogens with zero attached hydrogens (tertiary/aromatic N) is 1. The van der Waals surface area contributed by atoms with E-state index in [0.717, 1.165) is 11.3 Å². The van der Waals surface area contributed by atoms with E-state index in [0.29, 0.717) is 16.7 Å². The fourth-order valence-electron chi connectivity index (χ4n) is 2.42. The molecule has 0 heterocycles. The number of aryl methyl sites for hydroxylation is 1. The van der Waals surface area contributed by atoms with Gasteiger partial charge in [0, 0.05) is 11.7 Å². The van der Waals surface area contributed by atoms with E-state index in [1.54, 1.807) is 0 Å². The first kappa shape index (κ1) is 13.8. The number of nitrogens with one attached hydrogen (secondary N) is 2. The molecule has 1 fully saturated rings. The van der Waals surface area contributed by atoms with Crippen LogP contribution in [0.1, 0.15) is 43.2 Å². The maximum Gasteiger partial charge on any atom is 0.171 e. The van der Waals surface area contributed by atoms with Crippen LogP contribution in [-0.2, 0) is 0 Å². The van der Waals surface area contributed by atoms with Gasteiger partial charge in [-0.3, -0.25) is 0 Å². The van der Waals surface area contributed by atoms with Crippen LogP contribution in [0.15, 0.2) is 18.2 Å². The lowest BCUT2D eigenvalue weighted by molar-refractivity contribution is 0.415. The van der Waals surface area contributed by atoms with E-state index in [1.165, 1.54) is 32.1 Å². The van der Waals surface area contributed by atoms with Crippen molar-refractivity contribution < 1.29 is 0 Å². The van der Waals surface area contributed by atoms with Gasteiger partial charge in [-0.2, -0.15) is 5.26 Å². The Hall–Kier alpha value is -1.60. The predicted octanol–water partition coefficient (Wildman–Crippen LogP) is 3.49. The molecular weight excluding hydrogens is 254 g/mol. The first-order valence-electron chi connectivity index (χ1n) is 6.77. The van der Waals surface area contributed by atoms with Crippen molar-refractivity contribution in [2.24, 2.45) is 0 Å². The van der Waals surface area contributed by atoms with Gasteiger partial charge >= 0.3 is 0 Å². The summed E-state index contributed by atoms with van der Waals surface area (Å²) in [6.07, 6.45) is 6.28. The zero-order valence-corrected chi connectivity index (χ0v) is 12.0. The van der Waals surface area contributed by atoms with Gasteiger partial charge in [0.05, 0.1) is 11.6 Å². The molecule has 0 amide bonds. The summed E-state index contributed by atoms with van der Waals surface area (Å²) in [4.78, 5) is 0. The van der Waals surface area contributed by atoms with Crippen molar-refractivity contribution in [1.82, 2.24) is 5.32 Å². The molecule has 0 unspecified atom stereocenters. The molecular formula is C15H19N3S. The Bertz CT molecular complexity index is 499. The van der Waals surface area contributed by atoms with Crippen LogP contribution in [0.2, 0.25) is 0 Å². The third-order valence-electron chi connectivity index (χ3n) is 3.56. The second kappa shape index (κ2) is 6.53. The molecule has 100 valence electrons. The zero-order valence-electron chi connectivity index (χ0n) is 11.2. The van der Waals surface area contributed by atoms with Crippen molar-refractivity contribution >= 4 is 23.0 Å². The Morgan fingerprint density at radius 1 is 1.32 bits per heavy atom. The van der Waals surface area contributed by atoms with Gasteiger partial charge in [0.15, 0.2) is 5.11 Å². The van der Waals surface area contributed by atoms with Crippen LogP contribution in [0.3, 0.4) is 0 Å². The highest BCUT2D eigenvalue weighted by Gasteiger charge is 2.14. The first-order valence-corrected chi connectivity index (χ1v) is 7.18. The molecule has 1 saturated carbocycles. The van der Waals surface area contributed by atoms with Crippen LogP contribution >= 0.6 is 12.2 Å². The normalized spacial score (nSPS) is 15.6. The number of hydrogen-bond donors (Lipinski definition) is 2. The lowest BCUT2D eigenvalue weighted by atomic mass is 9.96. The number of benzene rings is 1. The SMILES string of the molecule is Cc1ccc(C#N)cc1NC(=S)NC1CCCCC1. The van der Waals surface area contributed by atoms with Crippen molar-refractivity contribution in [3.05, 3.63) is 29.3 Å². The molecule has 2 N–H and O–H groups in total. The lowest BCUT2D eigenvalue weighted by Crippen LogP contribution is -2.38. The van der Waals surface area contributed by atoms with Crippen LogP contribution in [0, 0.1) is 18.3 Å². The molecule has 1 aliphatic rings. The quantitative estimate of drug-likeness (QED) is 0.810. The van der Waals surface area contributed by atoms with E-state index in [1.807, 2.05) is 25.1 Å². The summed E-state index contributed by atoms with van der Waals surface area (Å²) in [5, 5.41) is 16.2. The van der Waals surface area contributed by atoms with E-state index in [9.17, 15) is 0 Å². The van der Waals surface area contributed by atoms with Crippen molar-refractivity contribution in [3.63, 3.8) is 0 Å². The molecule has 0 aliphatic heterocycles. The van der Waals surface area contributed by atoms with Crippen LogP contribution in [-0.4, -0.2) is 11.2 Å².